The van der Waals surface area contributed by atoms with Gasteiger partial charge in [-0.2, -0.15) is 0 Å². The Morgan fingerprint density at radius 3 is 2.86 bits per heavy atom. The van der Waals surface area contributed by atoms with E-state index in [2.05, 4.69) is 50.5 Å². The number of fused-ring (bicyclic) bond motifs is 1. The molecular formula is C21H23N5OS. The molecule has 144 valence electrons. The van der Waals surface area contributed by atoms with Crippen molar-refractivity contribution < 1.29 is 4.79 Å². The third-order valence-corrected chi connectivity index (χ3v) is 5.89. The number of carbonyl (C=O) groups is 1. The highest BCUT2D eigenvalue weighted by molar-refractivity contribution is 7.14. The number of imidazole rings is 1. The molecule has 0 saturated carbocycles. The lowest BCUT2D eigenvalue weighted by Gasteiger charge is -2.05. The standard InChI is InChI=1S/C21H23N5OS/c1-14-20(16-7-4-5-8-18(16)25(14)3)17-13-28-21(23-17)24-19(27)9-6-11-26-12-10-22-15(26)2/h4-5,7-8,10,12-13H,6,9,11H2,1-3H3,(H,23,24,27). The molecule has 0 fully saturated rings. The number of rotatable bonds is 6. The van der Waals surface area contributed by atoms with Crippen molar-refractivity contribution in [3.63, 3.8) is 0 Å². The Balaban J connectivity index is 1.44. The maximum Gasteiger partial charge on any atom is 0.226 e. The Morgan fingerprint density at radius 1 is 1.25 bits per heavy atom. The summed E-state index contributed by atoms with van der Waals surface area (Å²) in [6, 6.07) is 8.32. The van der Waals surface area contributed by atoms with Crippen molar-refractivity contribution in [2.24, 2.45) is 7.05 Å². The highest BCUT2D eigenvalue weighted by atomic mass is 32.1. The molecule has 4 rings (SSSR count). The van der Waals surface area contributed by atoms with Gasteiger partial charge >= 0.3 is 0 Å². The van der Waals surface area contributed by atoms with E-state index in [4.69, 9.17) is 0 Å². The van der Waals surface area contributed by atoms with Gasteiger partial charge in [-0.05, 0) is 26.3 Å². The Morgan fingerprint density at radius 2 is 2.07 bits per heavy atom. The second kappa shape index (κ2) is 7.59. The Hall–Kier alpha value is -2.93. The van der Waals surface area contributed by atoms with Gasteiger partial charge in [0.05, 0.1) is 5.69 Å². The zero-order valence-electron chi connectivity index (χ0n) is 16.3. The number of amides is 1. The maximum absolute atomic E-state index is 12.3. The van der Waals surface area contributed by atoms with E-state index < -0.39 is 0 Å². The SMILES string of the molecule is Cc1nccn1CCCC(=O)Nc1nc(-c2c(C)n(C)c3ccccc23)cs1. The molecule has 6 nitrogen and oxygen atoms in total. The van der Waals surface area contributed by atoms with Crippen molar-refractivity contribution in [3.8, 4) is 11.3 Å². The van der Waals surface area contributed by atoms with E-state index >= 15 is 0 Å². The number of benzene rings is 1. The quantitative estimate of drug-likeness (QED) is 0.523. The summed E-state index contributed by atoms with van der Waals surface area (Å²) in [5.41, 5.74) is 4.39. The lowest BCUT2D eigenvalue weighted by atomic mass is 10.1. The first-order valence-electron chi connectivity index (χ1n) is 9.32. The molecular weight excluding hydrogens is 370 g/mol. The number of hydrogen-bond acceptors (Lipinski definition) is 4. The Bertz CT molecular complexity index is 1140. The van der Waals surface area contributed by atoms with Crippen LogP contribution >= 0.6 is 11.3 Å². The maximum atomic E-state index is 12.3. The summed E-state index contributed by atoms with van der Waals surface area (Å²) in [6.07, 6.45) is 4.94. The number of anilines is 1. The topological polar surface area (TPSA) is 64.7 Å². The number of para-hydroxylation sites is 1. The molecule has 28 heavy (non-hydrogen) atoms. The largest absolute Gasteiger partial charge is 0.347 e. The Labute approximate surface area is 167 Å². The van der Waals surface area contributed by atoms with Crippen molar-refractivity contribution in [2.75, 3.05) is 5.32 Å². The van der Waals surface area contributed by atoms with Crippen LogP contribution in [-0.4, -0.2) is 25.0 Å². The van der Waals surface area contributed by atoms with Crippen LogP contribution in [0.1, 0.15) is 24.4 Å². The fourth-order valence-corrected chi connectivity index (χ4v) is 4.24. The minimum atomic E-state index is -0.00619. The first kappa shape index (κ1) is 18.4. The van der Waals surface area contributed by atoms with Gasteiger partial charge in [-0.15, -0.1) is 11.3 Å². The third kappa shape index (κ3) is 3.45. The van der Waals surface area contributed by atoms with Gasteiger partial charge in [-0.3, -0.25) is 4.79 Å². The number of hydrogen-bond donors (Lipinski definition) is 1. The molecule has 1 N–H and O–H groups in total. The van der Waals surface area contributed by atoms with E-state index in [0.29, 0.717) is 11.6 Å². The number of aryl methyl sites for hydroxylation is 3. The van der Waals surface area contributed by atoms with Crippen molar-refractivity contribution in [2.45, 2.75) is 33.2 Å². The number of thiazole rings is 1. The molecule has 7 heteroatoms. The summed E-state index contributed by atoms with van der Waals surface area (Å²) in [5.74, 6) is 0.962. The van der Waals surface area contributed by atoms with Crippen LogP contribution in [0.4, 0.5) is 5.13 Å². The summed E-state index contributed by atoms with van der Waals surface area (Å²) in [6.45, 7) is 4.86. The average molecular weight is 394 g/mol. The monoisotopic (exact) mass is 393 g/mol. The lowest BCUT2D eigenvalue weighted by Crippen LogP contribution is -2.12. The highest BCUT2D eigenvalue weighted by Crippen LogP contribution is 2.35. The van der Waals surface area contributed by atoms with E-state index in [1.165, 1.54) is 27.9 Å². The average Bonchev–Trinajstić information content (AvgIpc) is 3.36. The molecule has 0 spiro atoms. The minimum Gasteiger partial charge on any atom is -0.347 e. The van der Waals surface area contributed by atoms with Gasteiger partial charge < -0.3 is 14.5 Å². The molecule has 3 heterocycles. The molecule has 0 aliphatic rings. The second-order valence-corrected chi connectivity index (χ2v) is 7.75. The Kier molecular flexibility index (Phi) is 5.00. The normalized spacial score (nSPS) is 11.2. The zero-order chi connectivity index (χ0) is 19.7. The molecule has 0 aliphatic heterocycles. The summed E-state index contributed by atoms with van der Waals surface area (Å²) in [5, 5.41) is 6.78. The molecule has 0 radical (unpaired) electrons. The van der Waals surface area contributed by atoms with Crippen LogP contribution in [0.2, 0.25) is 0 Å². The van der Waals surface area contributed by atoms with E-state index in [9.17, 15) is 4.79 Å². The van der Waals surface area contributed by atoms with Crippen LogP contribution in [-0.2, 0) is 18.4 Å². The molecule has 0 aliphatic carbocycles. The number of aromatic nitrogens is 4. The van der Waals surface area contributed by atoms with Crippen molar-refractivity contribution in [1.82, 2.24) is 19.1 Å². The van der Waals surface area contributed by atoms with Crippen LogP contribution in [0.3, 0.4) is 0 Å². The number of carbonyl (C=O) groups excluding carboxylic acids is 1. The van der Waals surface area contributed by atoms with Gasteiger partial charge in [-0.1, -0.05) is 18.2 Å². The molecule has 1 aromatic carbocycles. The summed E-state index contributed by atoms with van der Waals surface area (Å²) in [7, 11) is 2.07. The molecule has 0 unspecified atom stereocenters. The van der Waals surface area contributed by atoms with Gasteiger partial charge in [0.25, 0.3) is 0 Å². The molecule has 0 atom stereocenters. The van der Waals surface area contributed by atoms with Gasteiger partial charge in [0, 0.05) is 59.9 Å². The van der Waals surface area contributed by atoms with Crippen molar-refractivity contribution in [3.05, 3.63) is 53.6 Å². The molecule has 3 aromatic heterocycles. The molecule has 0 saturated heterocycles. The predicted molar refractivity (Wildman–Crippen MR) is 114 cm³/mol. The van der Waals surface area contributed by atoms with Gasteiger partial charge in [-0.25, -0.2) is 9.97 Å². The van der Waals surface area contributed by atoms with Crippen LogP contribution in [0.15, 0.2) is 42.0 Å². The predicted octanol–water partition coefficient (Wildman–Crippen LogP) is 4.53. The first-order valence-corrected chi connectivity index (χ1v) is 10.2. The van der Waals surface area contributed by atoms with Gasteiger partial charge in [0.1, 0.15) is 5.82 Å². The molecule has 1 amide bonds. The van der Waals surface area contributed by atoms with Crippen LogP contribution in [0.25, 0.3) is 22.2 Å². The van der Waals surface area contributed by atoms with E-state index in [0.717, 1.165) is 30.0 Å². The fourth-order valence-electron chi connectivity index (χ4n) is 3.52. The number of nitrogens with one attached hydrogen (secondary N) is 1. The van der Waals surface area contributed by atoms with E-state index in [1.54, 1.807) is 6.20 Å². The second-order valence-electron chi connectivity index (χ2n) is 6.89. The third-order valence-electron chi connectivity index (χ3n) is 5.13. The fraction of sp³-hybridized carbons (Fsp3) is 0.286. The summed E-state index contributed by atoms with van der Waals surface area (Å²) < 4.78 is 4.23. The van der Waals surface area contributed by atoms with E-state index in [-0.39, 0.29) is 5.91 Å². The van der Waals surface area contributed by atoms with E-state index in [1.807, 2.05) is 30.6 Å². The zero-order valence-corrected chi connectivity index (χ0v) is 17.1. The smallest absolute Gasteiger partial charge is 0.226 e. The van der Waals surface area contributed by atoms with Crippen molar-refractivity contribution in [1.29, 1.82) is 0 Å². The molecule has 4 aromatic rings. The molecule has 0 bridgehead atoms. The minimum absolute atomic E-state index is 0.00619. The van der Waals surface area contributed by atoms with Crippen LogP contribution in [0.5, 0.6) is 0 Å². The lowest BCUT2D eigenvalue weighted by molar-refractivity contribution is -0.116. The van der Waals surface area contributed by atoms with Gasteiger partial charge in [0.15, 0.2) is 5.13 Å². The first-order chi connectivity index (χ1) is 13.5. The highest BCUT2D eigenvalue weighted by Gasteiger charge is 2.16. The van der Waals surface area contributed by atoms with Crippen molar-refractivity contribution >= 4 is 33.3 Å². The summed E-state index contributed by atoms with van der Waals surface area (Å²) in [4.78, 5) is 21.2. The van der Waals surface area contributed by atoms with Crippen LogP contribution < -0.4 is 5.32 Å². The van der Waals surface area contributed by atoms with Crippen LogP contribution in [0, 0.1) is 13.8 Å². The number of nitrogens with zero attached hydrogens (tertiary/aromatic N) is 4. The van der Waals surface area contributed by atoms with Gasteiger partial charge in [0.2, 0.25) is 5.91 Å². The summed E-state index contributed by atoms with van der Waals surface area (Å²) >= 11 is 1.47.